The molecule has 12 nitrogen and oxygen atoms in total. The van der Waals surface area contributed by atoms with E-state index in [4.69, 9.17) is 42.7 Å². The fourth-order valence-corrected chi connectivity index (χ4v) is 2.33. The zero-order valence-corrected chi connectivity index (χ0v) is 18.9. The van der Waals surface area contributed by atoms with Crippen molar-refractivity contribution in [2.75, 3.05) is 0 Å². The van der Waals surface area contributed by atoms with E-state index in [0.717, 1.165) is 11.1 Å². The molecule has 0 saturated heterocycles. The normalized spacial score (nSPS) is 12.4. The Morgan fingerprint density at radius 3 is 1.40 bits per heavy atom. The van der Waals surface area contributed by atoms with Crippen molar-refractivity contribution >= 4 is 23.9 Å². The van der Waals surface area contributed by atoms with E-state index in [2.05, 4.69) is 0 Å². The third kappa shape index (κ3) is 15.5. The van der Waals surface area contributed by atoms with Gasteiger partial charge in [-0.25, -0.2) is 0 Å². The maximum absolute atomic E-state index is 10.4. The number of rotatable bonds is 10. The molecule has 0 aliphatic heterocycles. The summed E-state index contributed by atoms with van der Waals surface area (Å²) in [6, 6.07) is 12.9. The van der Waals surface area contributed by atoms with Crippen LogP contribution >= 0.6 is 0 Å². The van der Waals surface area contributed by atoms with Crippen LogP contribution in [-0.4, -0.2) is 67.5 Å². The van der Waals surface area contributed by atoms with Crippen LogP contribution in [0.5, 0.6) is 5.75 Å². The summed E-state index contributed by atoms with van der Waals surface area (Å²) in [5.74, 6) is -4.02. The Balaban J connectivity index is 0.000000501. The van der Waals surface area contributed by atoms with Crippen molar-refractivity contribution in [2.24, 2.45) is 17.2 Å². The van der Waals surface area contributed by atoms with Crippen LogP contribution in [0.2, 0.25) is 0 Å². The van der Waals surface area contributed by atoms with E-state index < -0.39 is 42.0 Å². The molecule has 35 heavy (non-hydrogen) atoms. The summed E-state index contributed by atoms with van der Waals surface area (Å²) in [4.78, 5) is 40.6. The van der Waals surface area contributed by atoms with Crippen LogP contribution in [0.1, 0.15) is 24.0 Å². The van der Waals surface area contributed by atoms with E-state index >= 15 is 0 Å². The number of aromatic hydroxyl groups is 1. The van der Waals surface area contributed by atoms with Crippen LogP contribution in [0.15, 0.2) is 54.6 Å². The van der Waals surface area contributed by atoms with Gasteiger partial charge >= 0.3 is 23.9 Å². The smallest absolute Gasteiger partial charge is 0.320 e. The third-order valence-electron chi connectivity index (χ3n) is 4.31. The molecular formula is C23H31N3O9. The summed E-state index contributed by atoms with van der Waals surface area (Å²) in [6.07, 6.45) is 0.434. The SMILES string of the molecule is NC(CCC(=O)O)C(=O)O.NC(Cc1ccc(O)cc1)C(=O)O.NC(Cc1ccccc1)C(=O)O. The molecule has 0 amide bonds. The average molecular weight is 494 g/mol. The molecule has 192 valence electrons. The molecule has 0 spiro atoms. The first-order valence-corrected chi connectivity index (χ1v) is 10.3. The Morgan fingerprint density at radius 2 is 1.03 bits per heavy atom. The highest BCUT2D eigenvalue weighted by atomic mass is 16.4. The highest BCUT2D eigenvalue weighted by molar-refractivity contribution is 5.75. The largest absolute Gasteiger partial charge is 0.508 e. The number of carbonyl (C=O) groups is 4. The van der Waals surface area contributed by atoms with Gasteiger partial charge < -0.3 is 42.7 Å². The summed E-state index contributed by atoms with van der Waals surface area (Å²) >= 11 is 0. The summed E-state index contributed by atoms with van der Waals surface area (Å²) in [5.41, 5.74) is 17.4. The van der Waals surface area contributed by atoms with Crippen LogP contribution in [0.25, 0.3) is 0 Å². The first kappa shape index (κ1) is 31.0. The minimum atomic E-state index is -1.17. The van der Waals surface area contributed by atoms with E-state index in [-0.39, 0.29) is 25.0 Å². The molecule has 0 saturated carbocycles. The fourth-order valence-electron chi connectivity index (χ4n) is 2.33. The summed E-state index contributed by atoms with van der Waals surface area (Å²) in [7, 11) is 0. The second-order valence-corrected chi connectivity index (χ2v) is 7.33. The van der Waals surface area contributed by atoms with Gasteiger partial charge in [-0.05, 0) is 42.5 Å². The van der Waals surface area contributed by atoms with Crippen molar-refractivity contribution in [3.05, 3.63) is 65.7 Å². The van der Waals surface area contributed by atoms with E-state index in [1.165, 1.54) is 12.1 Å². The minimum Gasteiger partial charge on any atom is -0.508 e. The van der Waals surface area contributed by atoms with Crippen LogP contribution in [0.4, 0.5) is 0 Å². The van der Waals surface area contributed by atoms with Crippen LogP contribution < -0.4 is 17.2 Å². The van der Waals surface area contributed by atoms with Gasteiger partial charge in [0, 0.05) is 6.42 Å². The number of benzene rings is 2. The van der Waals surface area contributed by atoms with Gasteiger partial charge in [-0.15, -0.1) is 0 Å². The summed E-state index contributed by atoms with van der Waals surface area (Å²) in [6.45, 7) is 0. The summed E-state index contributed by atoms with van der Waals surface area (Å²) < 4.78 is 0. The first-order chi connectivity index (χ1) is 16.3. The lowest BCUT2D eigenvalue weighted by Gasteiger charge is -2.05. The van der Waals surface area contributed by atoms with Gasteiger partial charge in [0.2, 0.25) is 0 Å². The first-order valence-electron chi connectivity index (χ1n) is 10.3. The lowest BCUT2D eigenvalue weighted by Crippen LogP contribution is -2.32. The number of aliphatic carboxylic acids is 4. The van der Waals surface area contributed by atoms with Crippen LogP contribution in [-0.2, 0) is 32.0 Å². The number of phenolic OH excluding ortho intramolecular Hbond substituents is 1. The fraction of sp³-hybridized carbons (Fsp3) is 0.304. The second kappa shape index (κ2) is 16.6. The topological polar surface area (TPSA) is 247 Å². The Kier molecular flexibility index (Phi) is 14.7. The van der Waals surface area contributed by atoms with Gasteiger partial charge in [0.15, 0.2) is 0 Å². The molecule has 0 fully saturated rings. The average Bonchev–Trinajstić information content (AvgIpc) is 2.80. The van der Waals surface area contributed by atoms with Crippen LogP contribution in [0.3, 0.4) is 0 Å². The molecule has 12 heteroatoms. The molecule has 3 unspecified atom stereocenters. The van der Waals surface area contributed by atoms with Crippen molar-refractivity contribution in [1.82, 2.24) is 0 Å². The molecular weight excluding hydrogens is 462 g/mol. The van der Waals surface area contributed by atoms with Gasteiger partial charge in [-0.2, -0.15) is 0 Å². The molecule has 0 radical (unpaired) electrons. The van der Waals surface area contributed by atoms with Gasteiger partial charge in [0.25, 0.3) is 0 Å². The number of carboxylic acid groups (broad SMARTS) is 4. The molecule has 0 bridgehead atoms. The number of hydrogen-bond donors (Lipinski definition) is 8. The zero-order valence-electron chi connectivity index (χ0n) is 18.9. The predicted molar refractivity (Wildman–Crippen MR) is 126 cm³/mol. The Morgan fingerprint density at radius 1 is 0.629 bits per heavy atom. The molecule has 0 aliphatic carbocycles. The van der Waals surface area contributed by atoms with Crippen molar-refractivity contribution in [3.8, 4) is 5.75 Å². The number of carboxylic acids is 4. The van der Waals surface area contributed by atoms with E-state index in [1.54, 1.807) is 12.1 Å². The minimum absolute atomic E-state index is 0.0231. The molecule has 2 aromatic carbocycles. The van der Waals surface area contributed by atoms with E-state index in [9.17, 15) is 19.2 Å². The van der Waals surface area contributed by atoms with E-state index in [0.29, 0.717) is 6.42 Å². The highest BCUT2D eigenvalue weighted by Crippen LogP contribution is 2.10. The lowest BCUT2D eigenvalue weighted by atomic mass is 10.1. The Bertz CT molecular complexity index is 937. The van der Waals surface area contributed by atoms with Crippen molar-refractivity contribution in [1.29, 1.82) is 0 Å². The van der Waals surface area contributed by atoms with Gasteiger partial charge in [-0.1, -0.05) is 42.5 Å². The molecule has 0 aromatic heterocycles. The van der Waals surface area contributed by atoms with E-state index in [1.807, 2.05) is 30.3 Å². The molecule has 0 aliphatic rings. The van der Waals surface area contributed by atoms with Gasteiger partial charge in [-0.3, -0.25) is 19.2 Å². The number of nitrogens with two attached hydrogens (primary N) is 3. The maximum atomic E-state index is 10.4. The van der Waals surface area contributed by atoms with Crippen molar-refractivity contribution in [3.63, 3.8) is 0 Å². The number of phenols is 1. The quantitative estimate of drug-likeness (QED) is 0.222. The predicted octanol–water partition coefficient (Wildman–Crippen LogP) is 0.251. The molecule has 11 N–H and O–H groups in total. The molecule has 2 aromatic rings. The second-order valence-electron chi connectivity index (χ2n) is 7.33. The highest BCUT2D eigenvalue weighted by Gasteiger charge is 2.13. The molecule has 3 atom stereocenters. The molecule has 0 heterocycles. The number of hydrogen-bond acceptors (Lipinski definition) is 8. The Hall–Kier alpha value is -4.00. The zero-order chi connectivity index (χ0) is 27.0. The van der Waals surface area contributed by atoms with Crippen molar-refractivity contribution < 1.29 is 44.7 Å². The van der Waals surface area contributed by atoms with Crippen molar-refractivity contribution in [2.45, 2.75) is 43.8 Å². The van der Waals surface area contributed by atoms with Crippen LogP contribution in [0, 0.1) is 0 Å². The maximum Gasteiger partial charge on any atom is 0.320 e. The van der Waals surface area contributed by atoms with Gasteiger partial charge in [0.05, 0.1) is 0 Å². The third-order valence-corrected chi connectivity index (χ3v) is 4.31. The standard InChI is InChI=1S/C9H11NO3.C9H11NO2.C5H9NO4/c10-8(9(12)13)5-6-1-3-7(11)4-2-6;10-8(9(11)12)6-7-4-2-1-3-5-7;6-3(5(9)10)1-2-4(7)8/h1-4,8,11H,5,10H2,(H,12,13);1-5,8H,6,10H2,(H,11,12);3H,1-2,6H2,(H,7,8)(H,9,10). The Labute approximate surface area is 201 Å². The molecule has 2 rings (SSSR count). The lowest BCUT2D eigenvalue weighted by molar-refractivity contribution is -0.140. The van der Waals surface area contributed by atoms with Gasteiger partial charge in [0.1, 0.15) is 23.9 Å². The monoisotopic (exact) mass is 493 g/mol. The summed E-state index contributed by atoms with van der Waals surface area (Å²) in [5, 5.41) is 42.3.